The Morgan fingerprint density at radius 1 is 1.31 bits per heavy atom. The van der Waals surface area contributed by atoms with Gasteiger partial charge in [-0.05, 0) is 32.3 Å². The molecule has 0 aromatic carbocycles. The van der Waals surface area contributed by atoms with E-state index in [1.165, 1.54) is 6.42 Å². The number of aromatic nitrogens is 1. The molecule has 2 N–H and O–H groups in total. The summed E-state index contributed by atoms with van der Waals surface area (Å²) in [5.74, 6) is 1.65. The molecular formula is C13H23N3. The lowest BCUT2D eigenvalue weighted by Crippen LogP contribution is -2.17. The van der Waals surface area contributed by atoms with Gasteiger partial charge in [0.2, 0.25) is 0 Å². The summed E-state index contributed by atoms with van der Waals surface area (Å²) in [5, 5.41) is 6.70. The van der Waals surface area contributed by atoms with Gasteiger partial charge >= 0.3 is 0 Å². The molecule has 1 atom stereocenters. The zero-order valence-electron chi connectivity index (χ0n) is 10.7. The van der Waals surface area contributed by atoms with Crippen LogP contribution in [0.5, 0.6) is 0 Å². The summed E-state index contributed by atoms with van der Waals surface area (Å²) in [5.41, 5.74) is 1.14. The van der Waals surface area contributed by atoms with Crippen LogP contribution in [0.15, 0.2) is 18.3 Å². The van der Waals surface area contributed by atoms with Crippen LogP contribution in [0.2, 0.25) is 0 Å². The molecule has 1 aromatic rings. The molecule has 16 heavy (non-hydrogen) atoms. The Balaban J connectivity index is 2.55. The third kappa shape index (κ3) is 4.51. The summed E-state index contributed by atoms with van der Waals surface area (Å²) >= 11 is 0. The molecule has 90 valence electrons. The van der Waals surface area contributed by atoms with E-state index in [1.807, 2.05) is 12.3 Å². The summed E-state index contributed by atoms with van der Waals surface area (Å²) in [4.78, 5) is 4.25. The number of nitrogens with zero attached hydrogens (tertiary/aromatic N) is 1. The number of hydrogen-bond acceptors (Lipinski definition) is 3. The van der Waals surface area contributed by atoms with E-state index in [4.69, 9.17) is 0 Å². The smallest absolute Gasteiger partial charge is 0.127 e. The first-order valence-corrected chi connectivity index (χ1v) is 6.08. The summed E-state index contributed by atoms with van der Waals surface area (Å²) < 4.78 is 0. The topological polar surface area (TPSA) is 37.0 Å². The van der Waals surface area contributed by atoms with Crippen molar-refractivity contribution in [1.82, 2.24) is 4.98 Å². The number of rotatable bonds is 6. The molecule has 1 aromatic heterocycles. The fourth-order valence-electron chi connectivity index (χ4n) is 1.85. The van der Waals surface area contributed by atoms with E-state index in [0.29, 0.717) is 6.04 Å². The third-order valence-electron chi connectivity index (χ3n) is 2.36. The fourth-order valence-corrected chi connectivity index (χ4v) is 1.85. The number of pyridine rings is 1. The Bertz CT molecular complexity index is 310. The maximum absolute atomic E-state index is 4.25. The van der Waals surface area contributed by atoms with Gasteiger partial charge in [-0.15, -0.1) is 0 Å². The summed E-state index contributed by atoms with van der Waals surface area (Å²) in [6, 6.07) is 4.56. The second kappa shape index (κ2) is 6.36. The van der Waals surface area contributed by atoms with Crippen LogP contribution >= 0.6 is 0 Å². The van der Waals surface area contributed by atoms with Crippen LogP contribution in [0.1, 0.15) is 34.1 Å². The zero-order valence-corrected chi connectivity index (χ0v) is 10.7. The molecule has 3 heteroatoms. The first-order chi connectivity index (χ1) is 7.61. The van der Waals surface area contributed by atoms with Gasteiger partial charge in [-0.2, -0.15) is 0 Å². The highest BCUT2D eigenvalue weighted by molar-refractivity contribution is 5.52. The van der Waals surface area contributed by atoms with Crippen molar-refractivity contribution in [3.63, 3.8) is 0 Å². The highest BCUT2D eigenvalue weighted by atomic mass is 15.0. The number of hydrogen-bond donors (Lipinski definition) is 2. The molecule has 3 nitrogen and oxygen atoms in total. The van der Waals surface area contributed by atoms with Gasteiger partial charge in [0.25, 0.3) is 0 Å². The first kappa shape index (κ1) is 12.8. The largest absolute Gasteiger partial charge is 0.382 e. The van der Waals surface area contributed by atoms with Crippen LogP contribution < -0.4 is 10.6 Å². The van der Waals surface area contributed by atoms with Crippen LogP contribution in [0.4, 0.5) is 11.5 Å². The van der Waals surface area contributed by atoms with Gasteiger partial charge in [-0.3, -0.25) is 0 Å². The highest BCUT2D eigenvalue weighted by Gasteiger charge is 2.05. The van der Waals surface area contributed by atoms with Crippen molar-refractivity contribution < 1.29 is 0 Å². The predicted octanol–water partition coefficient (Wildman–Crippen LogP) is 3.36. The molecule has 0 saturated heterocycles. The molecular weight excluding hydrogens is 198 g/mol. The molecule has 0 fully saturated rings. The molecule has 0 bridgehead atoms. The predicted molar refractivity (Wildman–Crippen MR) is 70.9 cm³/mol. The second-order valence-corrected chi connectivity index (χ2v) is 4.64. The average Bonchev–Trinajstić information content (AvgIpc) is 2.17. The van der Waals surface area contributed by atoms with Crippen molar-refractivity contribution in [1.29, 1.82) is 0 Å². The van der Waals surface area contributed by atoms with Crippen molar-refractivity contribution in [2.24, 2.45) is 5.92 Å². The van der Waals surface area contributed by atoms with E-state index < -0.39 is 0 Å². The van der Waals surface area contributed by atoms with Crippen molar-refractivity contribution in [2.75, 3.05) is 17.2 Å². The molecule has 0 aliphatic rings. The molecule has 1 heterocycles. The summed E-state index contributed by atoms with van der Waals surface area (Å²) in [6.45, 7) is 9.68. The molecule has 1 unspecified atom stereocenters. The van der Waals surface area contributed by atoms with E-state index >= 15 is 0 Å². The van der Waals surface area contributed by atoms with Gasteiger partial charge in [0.05, 0.1) is 0 Å². The quantitative estimate of drug-likeness (QED) is 0.773. The lowest BCUT2D eigenvalue weighted by Gasteiger charge is -2.17. The van der Waals surface area contributed by atoms with Crippen LogP contribution in [-0.2, 0) is 0 Å². The van der Waals surface area contributed by atoms with Gasteiger partial charge < -0.3 is 10.6 Å². The van der Waals surface area contributed by atoms with E-state index in [2.05, 4.69) is 49.4 Å². The molecule has 0 aliphatic carbocycles. The van der Waals surface area contributed by atoms with E-state index in [-0.39, 0.29) is 0 Å². The number of anilines is 2. The first-order valence-electron chi connectivity index (χ1n) is 6.08. The van der Waals surface area contributed by atoms with Gasteiger partial charge in [0.15, 0.2) is 0 Å². The van der Waals surface area contributed by atoms with Crippen molar-refractivity contribution in [2.45, 2.75) is 40.2 Å². The van der Waals surface area contributed by atoms with Gasteiger partial charge in [-0.25, -0.2) is 4.98 Å². The maximum atomic E-state index is 4.25. The normalized spacial score (nSPS) is 12.6. The van der Waals surface area contributed by atoms with Crippen molar-refractivity contribution in [3.05, 3.63) is 18.3 Å². The lowest BCUT2D eigenvalue weighted by atomic mass is 10.1. The zero-order chi connectivity index (χ0) is 12.0. The minimum Gasteiger partial charge on any atom is -0.382 e. The maximum Gasteiger partial charge on any atom is 0.127 e. The lowest BCUT2D eigenvalue weighted by molar-refractivity contribution is 0.540. The molecule has 0 aliphatic heterocycles. The van der Waals surface area contributed by atoms with Gasteiger partial charge in [0, 0.05) is 30.5 Å². The molecule has 0 spiro atoms. The number of nitrogens with one attached hydrogen (secondary N) is 2. The average molecular weight is 221 g/mol. The second-order valence-electron chi connectivity index (χ2n) is 4.64. The van der Waals surface area contributed by atoms with E-state index in [1.54, 1.807) is 0 Å². The monoisotopic (exact) mass is 221 g/mol. The van der Waals surface area contributed by atoms with Gasteiger partial charge in [0.1, 0.15) is 5.82 Å². The SMILES string of the molecule is CCNc1cc(NC(C)CC(C)C)ccn1. The summed E-state index contributed by atoms with van der Waals surface area (Å²) in [7, 11) is 0. The molecule has 0 amide bonds. The highest BCUT2D eigenvalue weighted by Crippen LogP contribution is 2.15. The van der Waals surface area contributed by atoms with Crippen LogP contribution in [0, 0.1) is 5.92 Å². The van der Waals surface area contributed by atoms with E-state index in [9.17, 15) is 0 Å². The van der Waals surface area contributed by atoms with Gasteiger partial charge in [-0.1, -0.05) is 13.8 Å². The van der Waals surface area contributed by atoms with E-state index in [0.717, 1.165) is 24.0 Å². The molecule has 0 saturated carbocycles. The minimum atomic E-state index is 0.497. The summed E-state index contributed by atoms with van der Waals surface area (Å²) in [6.07, 6.45) is 3.02. The molecule has 0 radical (unpaired) electrons. The fraction of sp³-hybridized carbons (Fsp3) is 0.615. The van der Waals surface area contributed by atoms with Crippen LogP contribution in [0.25, 0.3) is 0 Å². The third-order valence-corrected chi connectivity index (χ3v) is 2.36. The Morgan fingerprint density at radius 2 is 2.06 bits per heavy atom. The Hall–Kier alpha value is -1.25. The van der Waals surface area contributed by atoms with Crippen LogP contribution in [-0.4, -0.2) is 17.6 Å². The Labute approximate surface area is 98.7 Å². The standard InChI is InChI=1S/C13H23N3/c1-5-14-13-9-12(6-7-15-13)16-11(4)8-10(2)3/h6-7,9-11H,5,8H2,1-4H3,(H2,14,15,16). The van der Waals surface area contributed by atoms with Crippen molar-refractivity contribution in [3.8, 4) is 0 Å². The molecule has 1 rings (SSSR count). The minimum absolute atomic E-state index is 0.497. The van der Waals surface area contributed by atoms with Crippen LogP contribution in [0.3, 0.4) is 0 Å². The Morgan fingerprint density at radius 3 is 2.69 bits per heavy atom. The Kier molecular flexibility index (Phi) is 5.09. The van der Waals surface area contributed by atoms with Crippen molar-refractivity contribution >= 4 is 11.5 Å².